The highest BCUT2D eigenvalue weighted by Crippen LogP contribution is 2.32. The van der Waals surface area contributed by atoms with Crippen LogP contribution in [-0.4, -0.2) is 25.0 Å². The standard InChI is InChI=1S/C14H17ClN4OS/c1-8(16)14-18-11(7-21-14)13(20)17-10-6-4-5-9(15)12(10)19(2)3/h4-8H,16H2,1-3H3,(H,17,20). The van der Waals surface area contributed by atoms with E-state index in [9.17, 15) is 4.79 Å². The van der Waals surface area contributed by atoms with Gasteiger partial charge in [-0.05, 0) is 19.1 Å². The van der Waals surface area contributed by atoms with Gasteiger partial charge in [0.25, 0.3) is 5.91 Å². The van der Waals surface area contributed by atoms with E-state index in [1.165, 1.54) is 11.3 Å². The molecule has 2 rings (SSSR count). The molecule has 0 fully saturated rings. The minimum absolute atomic E-state index is 0.181. The van der Waals surface area contributed by atoms with Crippen LogP contribution in [0.25, 0.3) is 0 Å². The van der Waals surface area contributed by atoms with Gasteiger partial charge in [0.05, 0.1) is 22.4 Å². The van der Waals surface area contributed by atoms with Crippen LogP contribution >= 0.6 is 22.9 Å². The molecule has 0 aliphatic heterocycles. The summed E-state index contributed by atoms with van der Waals surface area (Å²) in [6.07, 6.45) is 0. The first-order valence-corrected chi connectivity index (χ1v) is 7.64. The summed E-state index contributed by atoms with van der Waals surface area (Å²) in [5.74, 6) is -0.275. The highest BCUT2D eigenvalue weighted by molar-refractivity contribution is 7.09. The fourth-order valence-corrected chi connectivity index (χ4v) is 2.96. The molecule has 1 heterocycles. The molecular formula is C14H17ClN4OS. The molecule has 1 atom stereocenters. The van der Waals surface area contributed by atoms with Gasteiger partial charge in [0.15, 0.2) is 0 Å². The van der Waals surface area contributed by atoms with Crippen LogP contribution in [0, 0.1) is 0 Å². The summed E-state index contributed by atoms with van der Waals surface area (Å²) in [5, 5.41) is 5.85. The van der Waals surface area contributed by atoms with E-state index in [-0.39, 0.29) is 11.9 Å². The lowest BCUT2D eigenvalue weighted by Gasteiger charge is -2.19. The second-order valence-corrected chi connectivity index (χ2v) is 6.14. The number of thiazole rings is 1. The molecule has 1 unspecified atom stereocenters. The number of rotatable bonds is 4. The Kier molecular flexibility index (Phi) is 4.82. The van der Waals surface area contributed by atoms with Crippen LogP contribution in [0.15, 0.2) is 23.6 Å². The largest absolute Gasteiger partial charge is 0.375 e. The number of nitrogens with two attached hydrogens (primary N) is 1. The van der Waals surface area contributed by atoms with E-state index in [0.717, 1.165) is 10.7 Å². The summed E-state index contributed by atoms with van der Waals surface area (Å²) < 4.78 is 0. The smallest absolute Gasteiger partial charge is 0.275 e. The minimum atomic E-state index is -0.275. The Balaban J connectivity index is 2.25. The van der Waals surface area contributed by atoms with Crippen molar-refractivity contribution in [2.24, 2.45) is 5.73 Å². The monoisotopic (exact) mass is 324 g/mol. The predicted octanol–water partition coefficient (Wildman–Crippen LogP) is 3.13. The van der Waals surface area contributed by atoms with Crippen LogP contribution in [-0.2, 0) is 0 Å². The zero-order valence-electron chi connectivity index (χ0n) is 12.1. The number of nitrogens with zero attached hydrogens (tertiary/aromatic N) is 2. The molecule has 7 heteroatoms. The van der Waals surface area contributed by atoms with Crippen molar-refractivity contribution in [1.29, 1.82) is 0 Å². The van der Waals surface area contributed by atoms with E-state index in [2.05, 4.69) is 10.3 Å². The first-order valence-electron chi connectivity index (χ1n) is 6.38. The molecule has 0 saturated heterocycles. The maximum absolute atomic E-state index is 12.3. The number of amides is 1. The van der Waals surface area contributed by atoms with Gasteiger partial charge in [0.1, 0.15) is 10.7 Å². The van der Waals surface area contributed by atoms with Gasteiger partial charge in [0, 0.05) is 19.5 Å². The fraction of sp³-hybridized carbons (Fsp3) is 0.286. The summed E-state index contributed by atoms with van der Waals surface area (Å²) in [5.41, 5.74) is 7.52. The van der Waals surface area contributed by atoms with E-state index in [4.69, 9.17) is 17.3 Å². The van der Waals surface area contributed by atoms with E-state index in [1.807, 2.05) is 25.9 Å². The molecule has 0 aliphatic rings. The normalized spacial score (nSPS) is 12.0. The summed E-state index contributed by atoms with van der Waals surface area (Å²) in [6, 6.07) is 5.20. The average molecular weight is 325 g/mol. The number of anilines is 2. The molecule has 1 aromatic carbocycles. The number of nitrogens with one attached hydrogen (secondary N) is 1. The van der Waals surface area contributed by atoms with Crippen LogP contribution in [0.2, 0.25) is 5.02 Å². The van der Waals surface area contributed by atoms with E-state index >= 15 is 0 Å². The second-order valence-electron chi connectivity index (χ2n) is 4.84. The van der Waals surface area contributed by atoms with Crippen LogP contribution in [0.3, 0.4) is 0 Å². The Bertz CT molecular complexity index is 654. The van der Waals surface area contributed by atoms with Crippen LogP contribution in [0.4, 0.5) is 11.4 Å². The van der Waals surface area contributed by atoms with Crippen molar-refractivity contribution in [3.63, 3.8) is 0 Å². The molecule has 21 heavy (non-hydrogen) atoms. The third-order valence-electron chi connectivity index (χ3n) is 2.83. The van der Waals surface area contributed by atoms with Crippen LogP contribution in [0.1, 0.15) is 28.5 Å². The summed E-state index contributed by atoms with van der Waals surface area (Å²) in [7, 11) is 3.74. The van der Waals surface area contributed by atoms with Crippen molar-refractivity contribution in [2.75, 3.05) is 24.3 Å². The van der Waals surface area contributed by atoms with Crippen molar-refractivity contribution in [3.05, 3.63) is 39.3 Å². The second kappa shape index (κ2) is 6.43. The summed E-state index contributed by atoms with van der Waals surface area (Å²) >= 11 is 7.55. The Morgan fingerprint density at radius 2 is 2.19 bits per heavy atom. The molecule has 1 amide bonds. The number of halogens is 1. The molecule has 0 saturated carbocycles. The summed E-state index contributed by atoms with van der Waals surface area (Å²) in [4.78, 5) is 18.4. The van der Waals surface area contributed by atoms with Gasteiger partial charge >= 0.3 is 0 Å². The molecular weight excluding hydrogens is 308 g/mol. The Morgan fingerprint density at radius 3 is 2.76 bits per heavy atom. The molecule has 112 valence electrons. The van der Waals surface area contributed by atoms with E-state index < -0.39 is 0 Å². The molecule has 3 N–H and O–H groups in total. The average Bonchev–Trinajstić information content (AvgIpc) is 2.88. The first kappa shape index (κ1) is 15.8. The quantitative estimate of drug-likeness (QED) is 0.906. The molecule has 2 aromatic rings. The number of hydrogen-bond acceptors (Lipinski definition) is 5. The predicted molar refractivity (Wildman–Crippen MR) is 88.4 cm³/mol. The molecule has 0 aliphatic carbocycles. The van der Waals surface area contributed by atoms with Gasteiger partial charge in [-0.1, -0.05) is 17.7 Å². The molecule has 1 aromatic heterocycles. The zero-order valence-corrected chi connectivity index (χ0v) is 13.6. The summed E-state index contributed by atoms with van der Waals surface area (Å²) in [6.45, 7) is 1.83. The van der Waals surface area contributed by atoms with Crippen molar-refractivity contribution in [1.82, 2.24) is 4.98 Å². The number of aromatic nitrogens is 1. The Labute approximate surface area is 132 Å². The zero-order chi connectivity index (χ0) is 15.6. The van der Waals surface area contributed by atoms with Gasteiger partial charge in [-0.15, -0.1) is 11.3 Å². The number of benzene rings is 1. The van der Waals surface area contributed by atoms with Crippen molar-refractivity contribution < 1.29 is 4.79 Å². The van der Waals surface area contributed by atoms with Gasteiger partial charge in [-0.3, -0.25) is 4.79 Å². The number of carbonyl (C=O) groups is 1. The molecule has 0 bridgehead atoms. The maximum Gasteiger partial charge on any atom is 0.275 e. The first-order chi connectivity index (χ1) is 9.90. The fourth-order valence-electron chi connectivity index (χ4n) is 1.86. The van der Waals surface area contributed by atoms with Crippen molar-refractivity contribution in [2.45, 2.75) is 13.0 Å². The Morgan fingerprint density at radius 1 is 1.48 bits per heavy atom. The van der Waals surface area contributed by atoms with E-state index in [1.54, 1.807) is 23.6 Å². The van der Waals surface area contributed by atoms with Crippen molar-refractivity contribution >= 4 is 40.2 Å². The third kappa shape index (κ3) is 3.53. The molecule has 0 radical (unpaired) electrons. The SMILES string of the molecule is CC(N)c1nc(C(=O)Nc2cccc(Cl)c2N(C)C)cs1. The van der Waals surface area contributed by atoms with Crippen LogP contribution in [0.5, 0.6) is 0 Å². The number of para-hydroxylation sites is 1. The number of carbonyl (C=O) groups excluding carboxylic acids is 1. The molecule has 0 spiro atoms. The number of hydrogen-bond donors (Lipinski definition) is 2. The topological polar surface area (TPSA) is 71.2 Å². The maximum atomic E-state index is 12.3. The van der Waals surface area contributed by atoms with Gasteiger partial charge < -0.3 is 16.0 Å². The van der Waals surface area contributed by atoms with E-state index in [0.29, 0.717) is 16.4 Å². The van der Waals surface area contributed by atoms with Crippen LogP contribution < -0.4 is 16.0 Å². The lowest BCUT2D eigenvalue weighted by Crippen LogP contribution is -2.17. The van der Waals surface area contributed by atoms with Gasteiger partial charge in [-0.25, -0.2) is 4.98 Å². The lowest BCUT2D eigenvalue weighted by atomic mass is 10.2. The Hall–Kier alpha value is -1.63. The highest BCUT2D eigenvalue weighted by Gasteiger charge is 2.16. The highest BCUT2D eigenvalue weighted by atomic mass is 35.5. The van der Waals surface area contributed by atoms with Gasteiger partial charge in [0.2, 0.25) is 0 Å². The molecule has 5 nitrogen and oxygen atoms in total. The van der Waals surface area contributed by atoms with Gasteiger partial charge in [-0.2, -0.15) is 0 Å². The lowest BCUT2D eigenvalue weighted by molar-refractivity contribution is 0.102. The minimum Gasteiger partial charge on any atom is -0.375 e. The van der Waals surface area contributed by atoms with Crippen molar-refractivity contribution in [3.8, 4) is 0 Å². The third-order valence-corrected chi connectivity index (χ3v) is 4.18.